The largest absolute Gasteiger partial charge is 0.362 e. The maximum atomic E-state index is 4.01. The van der Waals surface area contributed by atoms with Gasteiger partial charge in [-0.05, 0) is 17.7 Å². The van der Waals surface area contributed by atoms with Gasteiger partial charge in [0.25, 0.3) is 0 Å². The molecule has 1 aromatic rings. The molecule has 2 heteroatoms. The molecular weight excluding hydrogens is 136 g/mol. The Morgan fingerprint density at radius 3 is 3.18 bits per heavy atom. The second-order valence-electron chi connectivity index (χ2n) is 2.42. The number of rotatable bonds is 0. The summed E-state index contributed by atoms with van der Waals surface area (Å²) in [6, 6.07) is 1.97. The molecule has 0 fully saturated rings. The van der Waals surface area contributed by atoms with Crippen molar-refractivity contribution < 1.29 is 0 Å². The highest BCUT2D eigenvalue weighted by Crippen LogP contribution is 2.18. The van der Waals surface area contributed by atoms with E-state index in [9.17, 15) is 0 Å². The monoisotopic (exact) mass is 144 g/mol. The second-order valence-corrected chi connectivity index (χ2v) is 2.42. The summed E-state index contributed by atoms with van der Waals surface area (Å²) >= 11 is 0. The SMILES string of the molecule is C=C1NC=Cc2ccncc21. The summed E-state index contributed by atoms with van der Waals surface area (Å²) in [5.41, 5.74) is 3.16. The molecule has 2 nitrogen and oxygen atoms in total. The molecule has 0 atom stereocenters. The van der Waals surface area contributed by atoms with Gasteiger partial charge in [-0.2, -0.15) is 0 Å². The second kappa shape index (κ2) is 2.23. The number of aromatic nitrogens is 1. The van der Waals surface area contributed by atoms with Crippen LogP contribution in [-0.2, 0) is 0 Å². The Kier molecular flexibility index (Phi) is 1.25. The van der Waals surface area contributed by atoms with Gasteiger partial charge < -0.3 is 5.32 Å². The zero-order chi connectivity index (χ0) is 7.68. The van der Waals surface area contributed by atoms with Crippen molar-refractivity contribution in [1.82, 2.24) is 10.3 Å². The van der Waals surface area contributed by atoms with Gasteiger partial charge in [-0.15, -0.1) is 0 Å². The van der Waals surface area contributed by atoms with Gasteiger partial charge in [-0.3, -0.25) is 4.98 Å². The van der Waals surface area contributed by atoms with Crippen LogP contribution in [0.2, 0.25) is 0 Å². The molecule has 0 spiro atoms. The maximum Gasteiger partial charge on any atom is 0.0402 e. The van der Waals surface area contributed by atoms with E-state index in [0.29, 0.717) is 0 Å². The molecule has 0 bridgehead atoms. The average molecular weight is 144 g/mol. The maximum absolute atomic E-state index is 4.01. The molecule has 0 aromatic carbocycles. The van der Waals surface area contributed by atoms with Crippen molar-refractivity contribution in [1.29, 1.82) is 0 Å². The summed E-state index contributed by atoms with van der Waals surface area (Å²) in [4.78, 5) is 4.01. The van der Waals surface area contributed by atoms with Gasteiger partial charge in [0, 0.05) is 29.9 Å². The quantitative estimate of drug-likeness (QED) is 0.598. The lowest BCUT2D eigenvalue weighted by molar-refractivity contribution is 1.18. The van der Waals surface area contributed by atoms with Gasteiger partial charge in [0.1, 0.15) is 0 Å². The lowest BCUT2D eigenvalue weighted by Gasteiger charge is -2.12. The number of nitrogens with one attached hydrogen (secondary N) is 1. The zero-order valence-electron chi connectivity index (χ0n) is 6.04. The fourth-order valence-electron chi connectivity index (χ4n) is 1.11. The third-order valence-corrected chi connectivity index (χ3v) is 1.70. The molecule has 1 aliphatic rings. The summed E-state index contributed by atoms with van der Waals surface area (Å²) in [7, 11) is 0. The number of fused-ring (bicyclic) bond motifs is 1. The van der Waals surface area contributed by atoms with E-state index in [-0.39, 0.29) is 0 Å². The van der Waals surface area contributed by atoms with Gasteiger partial charge in [-0.25, -0.2) is 0 Å². The summed E-state index contributed by atoms with van der Waals surface area (Å²) in [5.74, 6) is 0. The van der Waals surface area contributed by atoms with E-state index in [4.69, 9.17) is 0 Å². The van der Waals surface area contributed by atoms with Crippen molar-refractivity contribution in [3.05, 3.63) is 42.4 Å². The summed E-state index contributed by atoms with van der Waals surface area (Å²) in [6.07, 6.45) is 7.48. The molecule has 1 N–H and O–H groups in total. The van der Waals surface area contributed by atoms with E-state index < -0.39 is 0 Å². The van der Waals surface area contributed by atoms with Crippen LogP contribution < -0.4 is 5.32 Å². The molecule has 11 heavy (non-hydrogen) atoms. The fraction of sp³-hybridized carbons (Fsp3) is 0. The highest BCUT2D eigenvalue weighted by atomic mass is 14.9. The Hall–Kier alpha value is -1.57. The van der Waals surface area contributed by atoms with E-state index in [2.05, 4.69) is 16.9 Å². The fourth-order valence-corrected chi connectivity index (χ4v) is 1.11. The lowest BCUT2D eigenvalue weighted by Crippen LogP contribution is -2.07. The van der Waals surface area contributed by atoms with Crippen LogP contribution in [0, 0.1) is 0 Å². The van der Waals surface area contributed by atoms with Crippen molar-refractivity contribution in [2.75, 3.05) is 0 Å². The van der Waals surface area contributed by atoms with Gasteiger partial charge >= 0.3 is 0 Å². The molecule has 0 unspecified atom stereocenters. The Labute approximate surface area is 65.3 Å². The minimum absolute atomic E-state index is 0.913. The van der Waals surface area contributed by atoms with Gasteiger partial charge in [0.05, 0.1) is 0 Å². The van der Waals surface area contributed by atoms with Gasteiger partial charge in [0.2, 0.25) is 0 Å². The summed E-state index contributed by atoms with van der Waals surface area (Å²) in [6.45, 7) is 3.85. The van der Waals surface area contributed by atoms with Gasteiger partial charge in [-0.1, -0.05) is 6.58 Å². The van der Waals surface area contributed by atoms with Crippen LogP contribution in [0.5, 0.6) is 0 Å². The molecule has 0 aliphatic carbocycles. The Balaban J connectivity index is 2.63. The molecule has 0 saturated heterocycles. The molecule has 0 amide bonds. The first-order chi connectivity index (χ1) is 5.38. The molecule has 1 aliphatic heterocycles. The number of pyridine rings is 1. The third-order valence-electron chi connectivity index (χ3n) is 1.70. The zero-order valence-corrected chi connectivity index (χ0v) is 6.04. The number of hydrogen-bond acceptors (Lipinski definition) is 2. The van der Waals surface area contributed by atoms with E-state index in [1.54, 1.807) is 6.20 Å². The van der Waals surface area contributed by atoms with E-state index in [0.717, 1.165) is 11.3 Å². The summed E-state index contributed by atoms with van der Waals surface area (Å²) < 4.78 is 0. The number of hydrogen-bond donors (Lipinski definition) is 1. The van der Waals surface area contributed by atoms with Crippen LogP contribution in [0.1, 0.15) is 11.1 Å². The Morgan fingerprint density at radius 1 is 1.45 bits per heavy atom. The van der Waals surface area contributed by atoms with Crippen molar-refractivity contribution in [3.63, 3.8) is 0 Å². The summed E-state index contributed by atoms with van der Waals surface area (Å²) in [5, 5.41) is 3.02. The first-order valence-corrected chi connectivity index (χ1v) is 3.44. The Bertz CT molecular complexity index is 326. The van der Waals surface area contributed by atoms with Gasteiger partial charge in [0.15, 0.2) is 0 Å². The third kappa shape index (κ3) is 0.923. The average Bonchev–Trinajstić information content (AvgIpc) is 2.06. The van der Waals surface area contributed by atoms with Crippen LogP contribution in [0.4, 0.5) is 0 Å². The molecule has 1 aromatic heterocycles. The van der Waals surface area contributed by atoms with Crippen LogP contribution >= 0.6 is 0 Å². The van der Waals surface area contributed by atoms with Crippen molar-refractivity contribution >= 4 is 11.8 Å². The highest BCUT2D eigenvalue weighted by Gasteiger charge is 2.05. The van der Waals surface area contributed by atoms with Crippen LogP contribution in [0.3, 0.4) is 0 Å². The minimum Gasteiger partial charge on any atom is -0.362 e. The molecule has 54 valence electrons. The molecule has 0 saturated carbocycles. The number of nitrogens with zero attached hydrogens (tertiary/aromatic N) is 1. The molecule has 0 radical (unpaired) electrons. The molecule has 2 rings (SSSR count). The molecular formula is C9H8N2. The Morgan fingerprint density at radius 2 is 2.36 bits per heavy atom. The first-order valence-electron chi connectivity index (χ1n) is 3.44. The smallest absolute Gasteiger partial charge is 0.0402 e. The van der Waals surface area contributed by atoms with Crippen LogP contribution in [-0.4, -0.2) is 4.98 Å². The van der Waals surface area contributed by atoms with E-state index >= 15 is 0 Å². The van der Waals surface area contributed by atoms with E-state index in [1.165, 1.54) is 5.56 Å². The molecule has 2 heterocycles. The van der Waals surface area contributed by atoms with Crippen molar-refractivity contribution in [2.45, 2.75) is 0 Å². The first kappa shape index (κ1) is 6.16. The lowest BCUT2D eigenvalue weighted by atomic mass is 10.1. The topological polar surface area (TPSA) is 24.9 Å². The minimum atomic E-state index is 0.913. The van der Waals surface area contributed by atoms with Crippen LogP contribution in [0.25, 0.3) is 11.8 Å². The predicted octanol–water partition coefficient (Wildman–Crippen LogP) is 1.63. The van der Waals surface area contributed by atoms with Crippen molar-refractivity contribution in [3.8, 4) is 0 Å². The van der Waals surface area contributed by atoms with Crippen LogP contribution in [0.15, 0.2) is 31.2 Å². The highest BCUT2D eigenvalue weighted by molar-refractivity contribution is 5.75. The normalized spacial score (nSPS) is 14.0. The van der Waals surface area contributed by atoms with E-state index in [1.807, 2.05) is 24.5 Å². The predicted molar refractivity (Wildman–Crippen MR) is 45.4 cm³/mol. The standard InChI is InChI=1S/C9H8N2/c1-7-9-6-10-4-2-8(9)3-5-11-7/h2-6,11H,1H2. The van der Waals surface area contributed by atoms with Crippen molar-refractivity contribution in [2.24, 2.45) is 0 Å².